The number of piperazine rings is 1. The van der Waals surface area contributed by atoms with Crippen molar-refractivity contribution in [3.63, 3.8) is 0 Å². The lowest BCUT2D eigenvalue weighted by Crippen LogP contribution is -2.49. The zero-order valence-corrected chi connectivity index (χ0v) is 21.1. The van der Waals surface area contributed by atoms with Gasteiger partial charge in [0, 0.05) is 43.6 Å². The number of amides is 1. The van der Waals surface area contributed by atoms with E-state index in [4.69, 9.17) is 15.2 Å². The van der Waals surface area contributed by atoms with Gasteiger partial charge in [-0.25, -0.2) is 13.4 Å². The van der Waals surface area contributed by atoms with Crippen LogP contribution in [-0.2, 0) is 10.0 Å². The van der Waals surface area contributed by atoms with Crippen molar-refractivity contribution in [1.29, 1.82) is 0 Å². The van der Waals surface area contributed by atoms with Crippen LogP contribution in [0.3, 0.4) is 0 Å². The smallest absolute Gasteiger partial charge is 0.252 e. The van der Waals surface area contributed by atoms with Gasteiger partial charge in [0.25, 0.3) is 5.91 Å². The molecule has 1 aromatic heterocycles. The number of aryl methyl sites for hydroxylation is 1. The third-order valence-corrected chi connectivity index (χ3v) is 7.70. The summed E-state index contributed by atoms with van der Waals surface area (Å²) in [6.45, 7) is 3.16. The van der Waals surface area contributed by atoms with Crippen LogP contribution in [-0.4, -0.2) is 69.0 Å². The minimum atomic E-state index is -3.83. The molecule has 4 rings (SSSR count). The highest BCUT2D eigenvalue weighted by molar-refractivity contribution is 7.89. The third-order valence-electron chi connectivity index (χ3n) is 5.80. The van der Waals surface area contributed by atoms with Gasteiger partial charge in [-0.05, 0) is 49.4 Å². The number of sulfonamides is 1. The first-order valence-corrected chi connectivity index (χ1v) is 12.6. The molecule has 0 aliphatic carbocycles. The van der Waals surface area contributed by atoms with Crippen LogP contribution < -0.4 is 25.4 Å². The Morgan fingerprint density at radius 1 is 0.972 bits per heavy atom. The molecule has 2 heterocycles. The summed E-state index contributed by atoms with van der Waals surface area (Å²) in [6.07, 6.45) is 0. The second-order valence-corrected chi connectivity index (χ2v) is 10.1. The highest BCUT2D eigenvalue weighted by atomic mass is 32.2. The molecule has 11 nitrogen and oxygen atoms in total. The molecule has 1 aliphatic rings. The van der Waals surface area contributed by atoms with Gasteiger partial charge >= 0.3 is 0 Å². The van der Waals surface area contributed by atoms with E-state index in [-0.39, 0.29) is 29.3 Å². The molecule has 0 radical (unpaired) electrons. The molecule has 2 aromatic carbocycles. The van der Waals surface area contributed by atoms with Gasteiger partial charge in [0.15, 0.2) is 0 Å². The van der Waals surface area contributed by atoms with Gasteiger partial charge in [0.05, 0.1) is 24.7 Å². The predicted molar refractivity (Wildman–Crippen MR) is 136 cm³/mol. The summed E-state index contributed by atoms with van der Waals surface area (Å²) in [5.74, 6) is 1.37. The Labute approximate surface area is 209 Å². The Morgan fingerprint density at radius 3 is 2.28 bits per heavy atom. The second kappa shape index (κ2) is 10.4. The number of ether oxygens (including phenoxy) is 2. The number of hydrogen-bond donors (Lipinski definition) is 2. The number of nitrogens with one attached hydrogen (secondary N) is 1. The van der Waals surface area contributed by atoms with E-state index in [1.165, 1.54) is 29.6 Å². The van der Waals surface area contributed by atoms with Crippen molar-refractivity contribution in [2.45, 2.75) is 11.8 Å². The van der Waals surface area contributed by atoms with E-state index in [1.807, 2.05) is 42.2 Å². The van der Waals surface area contributed by atoms with Crippen molar-refractivity contribution in [3.05, 3.63) is 59.8 Å². The maximum absolute atomic E-state index is 13.2. The van der Waals surface area contributed by atoms with E-state index in [2.05, 4.69) is 15.3 Å². The lowest BCUT2D eigenvalue weighted by molar-refractivity contribution is 0.0997. The minimum Gasteiger partial charge on any atom is -0.497 e. The molecule has 3 N–H and O–H groups in total. The summed E-state index contributed by atoms with van der Waals surface area (Å²) in [5, 5.41) is 3.27. The molecule has 1 saturated heterocycles. The monoisotopic (exact) mass is 512 g/mol. The van der Waals surface area contributed by atoms with Gasteiger partial charge in [0.1, 0.15) is 17.3 Å². The largest absolute Gasteiger partial charge is 0.497 e. The number of nitrogens with zero attached hydrogens (tertiary/aromatic N) is 4. The van der Waals surface area contributed by atoms with E-state index >= 15 is 0 Å². The van der Waals surface area contributed by atoms with Crippen LogP contribution in [0, 0.1) is 6.92 Å². The van der Waals surface area contributed by atoms with Gasteiger partial charge in [-0.15, -0.1) is 0 Å². The molecule has 3 aromatic rings. The summed E-state index contributed by atoms with van der Waals surface area (Å²) in [6, 6.07) is 13.4. The highest BCUT2D eigenvalue weighted by Crippen LogP contribution is 2.26. The van der Waals surface area contributed by atoms with Crippen molar-refractivity contribution in [2.75, 3.05) is 50.6 Å². The van der Waals surface area contributed by atoms with E-state index in [0.717, 1.165) is 17.1 Å². The molecule has 190 valence electrons. The number of rotatable bonds is 8. The van der Waals surface area contributed by atoms with Crippen LogP contribution in [0.5, 0.6) is 11.5 Å². The predicted octanol–water partition coefficient (Wildman–Crippen LogP) is 2.16. The maximum Gasteiger partial charge on any atom is 0.252 e. The number of benzene rings is 2. The number of anilines is 3. The summed E-state index contributed by atoms with van der Waals surface area (Å²) >= 11 is 0. The van der Waals surface area contributed by atoms with Crippen molar-refractivity contribution >= 4 is 33.4 Å². The Morgan fingerprint density at radius 2 is 1.67 bits per heavy atom. The maximum atomic E-state index is 13.2. The Kier molecular flexibility index (Phi) is 7.27. The average molecular weight is 513 g/mol. The molecule has 0 saturated carbocycles. The molecule has 12 heteroatoms. The van der Waals surface area contributed by atoms with Gasteiger partial charge < -0.3 is 25.4 Å². The average Bonchev–Trinajstić information content (AvgIpc) is 2.88. The van der Waals surface area contributed by atoms with Crippen molar-refractivity contribution in [2.24, 2.45) is 5.73 Å². The summed E-state index contributed by atoms with van der Waals surface area (Å²) in [7, 11) is -0.828. The quantitative estimate of drug-likeness (QED) is 0.464. The van der Waals surface area contributed by atoms with Crippen molar-refractivity contribution in [3.8, 4) is 11.5 Å². The topological polar surface area (TPSA) is 140 Å². The minimum absolute atomic E-state index is 0.0108. The Balaban J connectivity index is 1.47. The lowest BCUT2D eigenvalue weighted by atomic mass is 10.2. The first-order valence-electron chi connectivity index (χ1n) is 11.2. The van der Waals surface area contributed by atoms with E-state index in [9.17, 15) is 13.2 Å². The fraction of sp³-hybridized carbons (Fsp3) is 0.292. The zero-order valence-electron chi connectivity index (χ0n) is 20.3. The van der Waals surface area contributed by atoms with Crippen LogP contribution in [0.4, 0.5) is 17.5 Å². The molecule has 0 bridgehead atoms. The molecular weight excluding hydrogens is 484 g/mol. The third kappa shape index (κ3) is 5.34. The lowest BCUT2D eigenvalue weighted by Gasteiger charge is -2.34. The number of carbonyl (C=O) groups excluding carboxylic acids is 1. The van der Waals surface area contributed by atoms with Crippen molar-refractivity contribution < 1.29 is 22.7 Å². The molecule has 0 unspecified atom stereocenters. The normalized spacial score (nSPS) is 14.4. The van der Waals surface area contributed by atoms with Gasteiger partial charge in [-0.2, -0.15) is 9.29 Å². The van der Waals surface area contributed by atoms with Gasteiger partial charge in [0.2, 0.25) is 16.0 Å². The van der Waals surface area contributed by atoms with E-state index in [0.29, 0.717) is 24.9 Å². The molecule has 1 amide bonds. The fourth-order valence-corrected chi connectivity index (χ4v) is 5.35. The molecule has 0 atom stereocenters. The Hall–Kier alpha value is -3.90. The van der Waals surface area contributed by atoms with Crippen LogP contribution in [0.1, 0.15) is 16.1 Å². The Bertz CT molecular complexity index is 1360. The van der Waals surface area contributed by atoms with Gasteiger partial charge in [-0.1, -0.05) is 0 Å². The summed E-state index contributed by atoms with van der Waals surface area (Å²) < 4.78 is 38.1. The molecule has 1 fully saturated rings. The number of primary amides is 1. The standard InChI is InChI=1S/C24H28N6O5S/c1-16-14-22(27-17-4-6-18(34-2)7-5-17)28-24(26-16)29-10-12-30(13-11-29)36(32,33)19-8-9-21(35-3)20(15-19)23(25)31/h4-9,14-15H,10-13H2,1-3H3,(H2,25,31)(H,26,27,28). The first kappa shape index (κ1) is 25.2. The number of nitrogens with two attached hydrogens (primary N) is 1. The molecule has 1 aliphatic heterocycles. The van der Waals surface area contributed by atoms with Gasteiger partial charge in [-0.3, -0.25) is 4.79 Å². The molecular formula is C24H28N6O5S. The van der Waals surface area contributed by atoms with Crippen LogP contribution in [0.25, 0.3) is 0 Å². The number of aromatic nitrogens is 2. The number of hydrogen-bond acceptors (Lipinski definition) is 9. The van der Waals surface area contributed by atoms with E-state index < -0.39 is 15.9 Å². The number of methoxy groups -OCH3 is 2. The fourth-order valence-electron chi connectivity index (χ4n) is 3.90. The SMILES string of the molecule is COc1ccc(Nc2cc(C)nc(N3CCN(S(=O)(=O)c4ccc(OC)c(C(N)=O)c4)CC3)n2)cc1. The molecule has 0 spiro atoms. The van der Waals surface area contributed by atoms with Crippen molar-refractivity contribution in [1.82, 2.24) is 14.3 Å². The second-order valence-electron chi connectivity index (χ2n) is 8.17. The van der Waals surface area contributed by atoms with Crippen LogP contribution in [0.2, 0.25) is 0 Å². The first-order chi connectivity index (χ1) is 17.2. The van der Waals surface area contributed by atoms with E-state index in [1.54, 1.807) is 7.11 Å². The van der Waals surface area contributed by atoms with Crippen LogP contribution in [0.15, 0.2) is 53.4 Å². The molecule has 36 heavy (non-hydrogen) atoms. The summed E-state index contributed by atoms with van der Waals surface area (Å²) in [4.78, 5) is 22.8. The van der Waals surface area contributed by atoms with Crippen LogP contribution >= 0.6 is 0 Å². The number of carbonyl (C=O) groups is 1. The summed E-state index contributed by atoms with van der Waals surface area (Å²) in [5.41, 5.74) is 7.04. The zero-order chi connectivity index (χ0) is 25.9. The highest BCUT2D eigenvalue weighted by Gasteiger charge is 2.30.